The minimum atomic E-state index is -1.16. The van der Waals surface area contributed by atoms with Crippen LogP contribution in [0.25, 0.3) is 0 Å². The first kappa shape index (κ1) is 19.6. The van der Waals surface area contributed by atoms with E-state index in [0.717, 1.165) is 5.56 Å². The van der Waals surface area contributed by atoms with Crippen molar-refractivity contribution in [3.05, 3.63) is 35.4 Å². The maximum atomic E-state index is 12.3. The van der Waals surface area contributed by atoms with Crippen molar-refractivity contribution < 1.29 is 24.2 Å². The molecule has 7 nitrogen and oxygen atoms in total. The Morgan fingerprint density at radius 3 is 2.42 bits per heavy atom. The summed E-state index contributed by atoms with van der Waals surface area (Å²) in [6, 6.07) is 6.27. The van der Waals surface area contributed by atoms with Gasteiger partial charge in [-0.25, -0.2) is 4.79 Å². The fourth-order valence-electron chi connectivity index (χ4n) is 2.12. The molecule has 0 saturated heterocycles. The highest BCUT2D eigenvalue weighted by Gasteiger charge is 2.26. The molecule has 24 heavy (non-hydrogen) atoms. The van der Waals surface area contributed by atoms with Crippen LogP contribution in [0, 0.1) is 12.8 Å². The number of aliphatic carboxylic acids is 1. The molecule has 0 bridgehead atoms. The lowest BCUT2D eigenvalue weighted by Gasteiger charge is -2.22. The molecule has 0 aliphatic rings. The highest BCUT2D eigenvalue weighted by Crippen LogP contribution is 2.07. The molecule has 2 atom stereocenters. The number of methoxy groups -OCH3 is 1. The van der Waals surface area contributed by atoms with Crippen LogP contribution < -0.4 is 10.6 Å². The highest BCUT2D eigenvalue weighted by atomic mass is 16.5. The Kier molecular flexibility index (Phi) is 7.38. The van der Waals surface area contributed by atoms with Crippen LogP contribution in [0.2, 0.25) is 0 Å². The third kappa shape index (κ3) is 5.66. The summed E-state index contributed by atoms with van der Waals surface area (Å²) in [6.07, 6.45) is -1.13. The summed E-state index contributed by atoms with van der Waals surface area (Å²) >= 11 is 0. The monoisotopic (exact) mass is 336 g/mol. The molecule has 0 heterocycles. The van der Waals surface area contributed by atoms with E-state index < -0.39 is 24.0 Å². The van der Waals surface area contributed by atoms with Crippen LogP contribution in [0.1, 0.15) is 29.8 Å². The molecular weight excluding hydrogens is 312 g/mol. The molecule has 132 valence electrons. The SMILES string of the molecule is COC(CNC(=O)C(NC(=O)c1cccc(C)c1)C(C)C)C(=O)O. The van der Waals surface area contributed by atoms with Crippen LogP contribution in [-0.4, -0.2) is 48.7 Å². The number of hydrogen-bond acceptors (Lipinski definition) is 4. The van der Waals surface area contributed by atoms with Crippen molar-refractivity contribution in [2.24, 2.45) is 5.92 Å². The normalized spacial score (nSPS) is 13.2. The van der Waals surface area contributed by atoms with Gasteiger partial charge in [-0.2, -0.15) is 0 Å². The molecule has 1 aromatic carbocycles. The molecule has 0 fully saturated rings. The minimum absolute atomic E-state index is 0.162. The van der Waals surface area contributed by atoms with Gasteiger partial charge in [-0.15, -0.1) is 0 Å². The third-order valence-electron chi connectivity index (χ3n) is 3.54. The first-order chi connectivity index (χ1) is 11.3. The van der Waals surface area contributed by atoms with Crippen LogP contribution in [0.3, 0.4) is 0 Å². The lowest BCUT2D eigenvalue weighted by molar-refractivity contribution is -0.148. The number of rotatable bonds is 8. The van der Waals surface area contributed by atoms with Crippen molar-refractivity contribution in [2.45, 2.75) is 32.9 Å². The average molecular weight is 336 g/mol. The fourth-order valence-corrected chi connectivity index (χ4v) is 2.12. The van der Waals surface area contributed by atoms with Gasteiger partial charge in [0.1, 0.15) is 6.04 Å². The van der Waals surface area contributed by atoms with Crippen LogP contribution in [0.4, 0.5) is 0 Å². The van der Waals surface area contributed by atoms with Crippen molar-refractivity contribution in [1.29, 1.82) is 0 Å². The summed E-state index contributed by atoms with van der Waals surface area (Å²) in [5.41, 5.74) is 1.41. The lowest BCUT2D eigenvalue weighted by Crippen LogP contribution is -2.51. The minimum Gasteiger partial charge on any atom is -0.479 e. The smallest absolute Gasteiger partial charge is 0.334 e. The zero-order valence-electron chi connectivity index (χ0n) is 14.3. The van der Waals surface area contributed by atoms with Gasteiger partial charge in [0, 0.05) is 12.7 Å². The average Bonchev–Trinajstić information content (AvgIpc) is 2.52. The van der Waals surface area contributed by atoms with E-state index in [1.807, 2.05) is 13.0 Å². The van der Waals surface area contributed by atoms with E-state index in [2.05, 4.69) is 10.6 Å². The van der Waals surface area contributed by atoms with E-state index >= 15 is 0 Å². The molecular formula is C17H24N2O5. The fraction of sp³-hybridized carbons (Fsp3) is 0.471. The lowest BCUT2D eigenvalue weighted by atomic mass is 10.0. The number of carbonyl (C=O) groups is 3. The van der Waals surface area contributed by atoms with Crippen molar-refractivity contribution in [1.82, 2.24) is 10.6 Å². The second kappa shape index (κ2) is 9.02. The van der Waals surface area contributed by atoms with Gasteiger partial charge in [0.15, 0.2) is 6.10 Å². The van der Waals surface area contributed by atoms with E-state index in [0.29, 0.717) is 5.56 Å². The Morgan fingerprint density at radius 1 is 1.25 bits per heavy atom. The van der Waals surface area contributed by atoms with E-state index in [1.54, 1.807) is 32.0 Å². The Hall–Kier alpha value is -2.41. The summed E-state index contributed by atoms with van der Waals surface area (Å²) in [5.74, 6) is -2.13. The molecule has 0 radical (unpaired) electrons. The molecule has 0 aliphatic carbocycles. The number of carbonyl (C=O) groups excluding carboxylic acids is 2. The number of carboxylic acids is 1. The van der Waals surface area contributed by atoms with Gasteiger partial charge in [0.25, 0.3) is 5.91 Å². The largest absolute Gasteiger partial charge is 0.479 e. The van der Waals surface area contributed by atoms with Crippen molar-refractivity contribution >= 4 is 17.8 Å². The van der Waals surface area contributed by atoms with Gasteiger partial charge in [-0.3, -0.25) is 9.59 Å². The molecule has 0 aromatic heterocycles. The second-order valence-corrected chi connectivity index (χ2v) is 5.87. The van der Waals surface area contributed by atoms with Crippen molar-refractivity contribution in [3.8, 4) is 0 Å². The number of amides is 2. The van der Waals surface area contributed by atoms with Gasteiger partial charge in [0.2, 0.25) is 5.91 Å². The predicted octanol–water partition coefficient (Wildman–Crippen LogP) is 0.965. The van der Waals surface area contributed by atoms with Crippen LogP contribution in [0.5, 0.6) is 0 Å². The number of ether oxygens (including phenoxy) is 1. The number of carboxylic acid groups (broad SMARTS) is 1. The van der Waals surface area contributed by atoms with Crippen molar-refractivity contribution in [3.63, 3.8) is 0 Å². The Morgan fingerprint density at radius 2 is 1.92 bits per heavy atom. The Balaban J connectivity index is 2.74. The molecule has 1 aromatic rings. The van der Waals surface area contributed by atoms with Crippen LogP contribution in [-0.2, 0) is 14.3 Å². The molecule has 0 spiro atoms. The summed E-state index contributed by atoms with van der Waals surface area (Å²) in [7, 11) is 1.25. The molecule has 0 aliphatic heterocycles. The van der Waals surface area contributed by atoms with E-state index in [1.165, 1.54) is 7.11 Å². The zero-order chi connectivity index (χ0) is 18.3. The Bertz CT molecular complexity index is 600. The van der Waals surface area contributed by atoms with Crippen LogP contribution in [0.15, 0.2) is 24.3 Å². The number of benzene rings is 1. The van der Waals surface area contributed by atoms with Gasteiger partial charge >= 0.3 is 5.97 Å². The standard InChI is InChI=1S/C17H24N2O5/c1-10(2)14(16(21)18-9-13(24-4)17(22)23)19-15(20)12-7-5-6-11(3)8-12/h5-8,10,13-14H,9H2,1-4H3,(H,18,21)(H,19,20)(H,22,23). The van der Waals surface area contributed by atoms with Crippen molar-refractivity contribution in [2.75, 3.05) is 13.7 Å². The molecule has 3 N–H and O–H groups in total. The topological polar surface area (TPSA) is 105 Å². The van der Waals surface area contributed by atoms with Gasteiger partial charge in [-0.05, 0) is 25.0 Å². The van der Waals surface area contributed by atoms with Gasteiger partial charge in [0.05, 0.1) is 6.54 Å². The Labute approximate surface area is 141 Å². The quantitative estimate of drug-likeness (QED) is 0.656. The zero-order valence-corrected chi connectivity index (χ0v) is 14.3. The maximum Gasteiger partial charge on any atom is 0.334 e. The van der Waals surface area contributed by atoms with E-state index in [-0.39, 0.29) is 18.4 Å². The van der Waals surface area contributed by atoms with Crippen LogP contribution >= 0.6 is 0 Å². The summed E-state index contributed by atoms with van der Waals surface area (Å²) in [6.45, 7) is 5.30. The number of nitrogens with one attached hydrogen (secondary N) is 2. The summed E-state index contributed by atoms with van der Waals surface area (Å²) < 4.78 is 4.76. The number of aryl methyl sites for hydroxylation is 1. The maximum absolute atomic E-state index is 12.3. The molecule has 0 saturated carbocycles. The van der Waals surface area contributed by atoms with E-state index in [9.17, 15) is 14.4 Å². The summed E-state index contributed by atoms with van der Waals surface area (Å²) in [4.78, 5) is 35.5. The highest BCUT2D eigenvalue weighted by molar-refractivity contribution is 5.97. The second-order valence-electron chi connectivity index (χ2n) is 5.87. The molecule has 2 unspecified atom stereocenters. The molecule has 1 rings (SSSR count). The number of hydrogen-bond donors (Lipinski definition) is 3. The first-order valence-corrected chi connectivity index (χ1v) is 7.67. The summed E-state index contributed by atoms with van der Waals surface area (Å²) in [5, 5.41) is 14.1. The van der Waals surface area contributed by atoms with Gasteiger partial charge in [-0.1, -0.05) is 31.5 Å². The molecule has 2 amide bonds. The van der Waals surface area contributed by atoms with E-state index in [4.69, 9.17) is 9.84 Å². The predicted molar refractivity (Wildman–Crippen MR) is 88.7 cm³/mol. The third-order valence-corrected chi connectivity index (χ3v) is 3.54. The van der Waals surface area contributed by atoms with Gasteiger partial charge < -0.3 is 20.5 Å². The first-order valence-electron chi connectivity index (χ1n) is 7.67. The molecule has 7 heteroatoms.